The number of hydrogen-bond acceptors (Lipinski definition) is 12. The van der Waals surface area contributed by atoms with E-state index in [2.05, 4.69) is 42.7 Å². The number of aryl methyl sites for hydroxylation is 1. The van der Waals surface area contributed by atoms with Gasteiger partial charge in [-0.05, 0) is 51.0 Å². The Hall–Kier alpha value is -4.97. The third-order valence-corrected chi connectivity index (χ3v) is 11.6. The standard InChI is InChI=1S/C38H36ClFN8O5S2/c1-4-47(26-10-14-46(15-11-26)20-38(40)21-53-22-38)35-29(17-41)32-31(18-43-35)44-23(2)48(37(32)50)13-5-6-24-7-8-25(39)16-28(24)27-9-12-42-33-30(19-54-34(27)33)36(49)45-55(3,51)52/h7-9,12,16,18-19,26H,4,10-11,13-15,20-22H2,1-3H3,(H,45,49). The molecule has 0 aliphatic carbocycles. The summed E-state index contributed by atoms with van der Waals surface area (Å²) in [5.74, 6) is 6.29. The van der Waals surface area contributed by atoms with E-state index in [1.165, 1.54) is 28.3 Å². The number of aromatic nitrogens is 4. The highest BCUT2D eigenvalue weighted by atomic mass is 35.5. The van der Waals surface area contributed by atoms with Gasteiger partial charge in [0.05, 0.1) is 58.9 Å². The first kappa shape index (κ1) is 38.3. The largest absolute Gasteiger partial charge is 0.375 e. The molecule has 0 atom stereocenters. The molecule has 0 spiro atoms. The lowest BCUT2D eigenvalue weighted by atomic mass is 9.98. The van der Waals surface area contributed by atoms with Crippen molar-refractivity contribution in [2.75, 3.05) is 50.5 Å². The van der Waals surface area contributed by atoms with Gasteiger partial charge in [0, 0.05) is 65.5 Å². The van der Waals surface area contributed by atoms with Gasteiger partial charge in [0.25, 0.3) is 11.5 Å². The molecule has 0 saturated carbocycles. The van der Waals surface area contributed by atoms with Crippen molar-refractivity contribution in [3.05, 3.63) is 79.9 Å². The highest BCUT2D eigenvalue weighted by molar-refractivity contribution is 7.89. The number of pyridine rings is 2. The average molecular weight is 803 g/mol. The Morgan fingerprint density at radius 3 is 2.65 bits per heavy atom. The van der Waals surface area contributed by atoms with Gasteiger partial charge in [-0.25, -0.2) is 27.5 Å². The number of nitrogens with one attached hydrogen (secondary N) is 1. The number of likely N-dealkylation sites (tertiary alicyclic amines) is 1. The zero-order valence-corrected chi connectivity index (χ0v) is 32.6. The van der Waals surface area contributed by atoms with Gasteiger partial charge >= 0.3 is 0 Å². The molecule has 55 heavy (non-hydrogen) atoms. The van der Waals surface area contributed by atoms with Crippen LogP contribution in [0.5, 0.6) is 0 Å². The van der Waals surface area contributed by atoms with E-state index in [0.29, 0.717) is 75.3 Å². The van der Waals surface area contributed by atoms with Crippen molar-refractivity contribution in [1.29, 1.82) is 5.26 Å². The van der Waals surface area contributed by atoms with Crippen molar-refractivity contribution in [3.8, 4) is 29.0 Å². The van der Waals surface area contributed by atoms with Crippen molar-refractivity contribution in [1.82, 2.24) is 29.1 Å². The summed E-state index contributed by atoms with van der Waals surface area (Å²) in [7, 11) is -3.79. The van der Waals surface area contributed by atoms with Gasteiger partial charge in [-0.1, -0.05) is 23.4 Å². The number of piperidine rings is 1. The molecule has 6 heterocycles. The van der Waals surface area contributed by atoms with Crippen molar-refractivity contribution < 1.29 is 22.3 Å². The molecule has 7 rings (SSSR count). The van der Waals surface area contributed by atoms with E-state index in [4.69, 9.17) is 16.3 Å². The fourth-order valence-corrected chi connectivity index (χ4v) is 8.85. The normalized spacial score (nSPS) is 15.9. The molecule has 4 aromatic heterocycles. The molecule has 1 amide bonds. The molecular weight excluding hydrogens is 767 g/mol. The number of thiophene rings is 1. The SMILES string of the molecule is CCN(c1ncc2nc(C)n(CC#Cc3ccc(Cl)cc3-c3ccnc4c(C(=O)NS(C)(=O)=O)csc34)c(=O)c2c1C#N)C1CCN(CC2(F)COC2)CC1. The van der Waals surface area contributed by atoms with E-state index >= 15 is 0 Å². The number of benzene rings is 1. The first-order chi connectivity index (χ1) is 26.3. The fourth-order valence-electron chi connectivity index (χ4n) is 7.20. The molecule has 0 bridgehead atoms. The number of anilines is 1. The molecule has 2 aliphatic heterocycles. The summed E-state index contributed by atoms with van der Waals surface area (Å²) < 4.78 is 47.3. The van der Waals surface area contributed by atoms with Crippen LogP contribution in [0.4, 0.5) is 10.2 Å². The molecule has 0 radical (unpaired) electrons. The summed E-state index contributed by atoms with van der Waals surface area (Å²) in [6.45, 7) is 6.21. The highest BCUT2D eigenvalue weighted by Crippen LogP contribution is 2.37. The third-order valence-electron chi connectivity index (χ3n) is 9.83. The minimum Gasteiger partial charge on any atom is -0.375 e. The fraction of sp³-hybridized carbons (Fsp3) is 0.368. The Morgan fingerprint density at radius 1 is 1.22 bits per heavy atom. The minimum absolute atomic E-state index is 0.0319. The molecule has 284 valence electrons. The zero-order valence-electron chi connectivity index (χ0n) is 30.2. The van der Waals surface area contributed by atoms with Gasteiger partial charge in [0.15, 0.2) is 5.67 Å². The predicted octanol–water partition coefficient (Wildman–Crippen LogP) is 4.67. The summed E-state index contributed by atoms with van der Waals surface area (Å²) in [5, 5.41) is 12.6. The van der Waals surface area contributed by atoms with Crippen LogP contribution in [0.3, 0.4) is 0 Å². The van der Waals surface area contributed by atoms with Crippen LogP contribution < -0.4 is 15.2 Å². The summed E-state index contributed by atoms with van der Waals surface area (Å²) >= 11 is 7.67. The number of fused-ring (bicyclic) bond motifs is 2. The van der Waals surface area contributed by atoms with Crippen molar-refractivity contribution in [2.45, 2.75) is 44.9 Å². The lowest BCUT2D eigenvalue weighted by molar-refractivity contribution is -0.142. The first-order valence-corrected chi connectivity index (χ1v) is 20.7. The summed E-state index contributed by atoms with van der Waals surface area (Å²) in [4.78, 5) is 44.7. The van der Waals surface area contributed by atoms with Crippen LogP contribution in [0.2, 0.25) is 5.02 Å². The smallest absolute Gasteiger partial charge is 0.267 e. The van der Waals surface area contributed by atoms with Crippen LogP contribution in [-0.4, -0.2) is 96.1 Å². The van der Waals surface area contributed by atoms with Crippen LogP contribution in [0, 0.1) is 30.1 Å². The number of nitrogens with zero attached hydrogens (tertiary/aromatic N) is 7. The summed E-state index contributed by atoms with van der Waals surface area (Å²) in [5.41, 5.74) is 1.14. The molecule has 5 aromatic rings. The lowest BCUT2D eigenvalue weighted by Crippen LogP contribution is -2.56. The monoisotopic (exact) mass is 802 g/mol. The van der Waals surface area contributed by atoms with Crippen LogP contribution in [0.1, 0.15) is 47.1 Å². The van der Waals surface area contributed by atoms with Crippen molar-refractivity contribution >= 4 is 65.8 Å². The van der Waals surface area contributed by atoms with Gasteiger partial charge in [-0.2, -0.15) is 5.26 Å². The van der Waals surface area contributed by atoms with Crippen molar-refractivity contribution in [3.63, 3.8) is 0 Å². The van der Waals surface area contributed by atoms with E-state index < -0.39 is 27.2 Å². The number of ether oxygens (including phenoxy) is 1. The molecular formula is C38H36ClFN8O5S2. The molecule has 1 N–H and O–H groups in total. The number of halogens is 2. The second kappa shape index (κ2) is 15.3. The number of hydrogen-bond donors (Lipinski definition) is 1. The molecule has 1 aromatic carbocycles. The number of nitriles is 1. The Bertz CT molecular complexity index is 2620. The maximum Gasteiger partial charge on any atom is 0.267 e. The molecule has 2 saturated heterocycles. The number of carbonyl (C=O) groups is 1. The number of carbonyl (C=O) groups excluding carboxylic acids is 1. The molecule has 2 fully saturated rings. The summed E-state index contributed by atoms with van der Waals surface area (Å²) in [6, 6.07) is 9.25. The first-order valence-electron chi connectivity index (χ1n) is 17.5. The van der Waals surface area contributed by atoms with Crippen molar-refractivity contribution in [2.24, 2.45) is 0 Å². The van der Waals surface area contributed by atoms with E-state index in [-0.39, 0.29) is 42.3 Å². The van der Waals surface area contributed by atoms with E-state index in [1.807, 2.05) is 11.6 Å². The number of sulfonamides is 1. The quantitative estimate of drug-likeness (QED) is 0.206. The van der Waals surface area contributed by atoms with Crippen LogP contribution in [0.15, 0.2) is 46.8 Å². The topological polar surface area (TPSA) is 163 Å². The molecule has 17 heteroatoms. The van der Waals surface area contributed by atoms with Gasteiger partial charge in [0.1, 0.15) is 23.3 Å². The van der Waals surface area contributed by atoms with Gasteiger partial charge in [-0.15, -0.1) is 11.3 Å². The van der Waals surface area contributed by atoms with Gasteiger partial charge in [0.2, 0.25) is 10.0 Å². The second-order valence-electron chi connectivity index (χ2n) is 13.7. The van der Waals surface area contributed by atoms with E-state index in [9.17, 15) is 27.7 Å². The third kappa shape index (κ3) is 7.78. The average Bonchev–Trinajstić information content (AvgIpc) is 3.58. The summed E-state index contributed by atoms with van der Waals surface area (Å²) in [6.07, 6.45) is 5.47. The molecule has 0 unspecified atom stereocenters. The predicted molar refractivity (Wildman–Crippen MR) is 210 cm³/mol. The van der Waals surface area contributed by atoms with Gasteiger partial charge < -0.3 is 9.64 Å². The number of alkyl halides is 1. The Kier molecular flexibility index (Phi) is 10.6. The van der Waals surface area contributed by atoms with Gasteiger partial charge in [-0.3, -0.25) is 24.0 Å². The Morgan fingerprint density at radius 2 is 1.98 bits per heavy atom. The van der Waals surface area contributed by atoms with Crippen LogP contribution in [-0.2, 0) is 21.3 Å². The lowest BCUT2D eigenvalue weighted by Gasteiger charge is -2.43. The highest BCUT2D eigenvalue weighted by Gasteiger charge is 2.41. The maximum atomic E-state index is 14.7. The minimum atomic E-state index is -3.79. The van der Waals surface area contributed by atoms with E-state index in [0.717, 1.165) is 19.1 Å². The number of rotatable bonds is 9. The van der Waals surface area contributed by atoms with E-state index in [1.54, 1.807) is 36.6 Å². The van der Waals surface area contributed by atoms with Crippen LogP contribution >= 0.6 is 22.9 Å². The molecule has 2 aliphatic rings. The number of amides is 1. The maximum absolute atomic E-state index is 14.7. The second-order valence-corrected chi connectivity index (χ2v) is 16.8. The van der Waals surface area contributed by atoms with Crippen LogP contribution in [0.25, 0.3) is 32.2 Å². The Balaban J connectivity index is 1.18. The molecule has 13 nitrogen and oxygen atoms in total. The zero-order chi connectivity index (χ0) is 39.1. The Labute approximate surface area is 325 Å².